The van der Waals surface area contributed by atoms with Gasteiger partial charge in [-0.1, -0.05) is 58.0 Å². The fourth-order valence-corrected chi connectivity index (χ4v) is 2.33. The van der Waals surface area contributed by atoms with E-state index in [4.69, 9.17) is 4.42 Å². The zero-order valence-electron chi connectivity index (χ0n) is 11.7. The van der Waals surface area contributed by atoms with Crippen molar-refractivity contribution in [3.8, 4) is 0 Å². The molecule has 0 fully saturated rings. The SMILES string of the molecule is CC(C(c1ccccc1)c1ccco1)C(C)(C)C. The maximum absolute atomic E-state index is 5.67. The van der Waals surface area contributed by atoms with Gasteiger partial charge in [-0.05, 0) is 29.0 Å². The van der Waals surface area contributed by atoms with Crippen LogP contribution in [0, 0.1) is 11.3 Å². The van der Waals surface area contributed by atoms with Gasteiger partial charge in [0.05, 0.1) is 6.26 Å². The highest BCUT2D eigenvalue weighted by Gasteiger charge is 2.32. The minimum absolute atomic E-state index is 0.243. The molecule has 0 amide bonds. The molecule has 18 heavy (non-hydrogen) atoms. The van der Waals surface area contributed by atoms with Crippen molar-refractivity contribution in [1.82, 2.24) is 0 Å². The molecule has 1 aromatic carbocycles. The van der Waals surface area contributed by atoms with Crippen LogP contribution in [0.25, 0.3) is 0 Å². The van der Waals surface area contributed by atoms with Crippen LogP contribution in [0.3, 0.4) is 0 Å². The second-order valence-corrected chi connectivity index (χ2v) is 6.06. The van der Waals surface area contributed by atoms with Gasteiger partial charge >= 0.3 is 0 Å². The summed E-state index contributed by atoms with van der Waals surface area (Å²) in [4.78, 5) is 0. The summed E-state index contributed by atoms with van der Waals surface area (Å²) in [5.74, 6) is 1.89. The van der Waals surface area contributed by atoms with Crippen molar-refractivity contribution in [3.05, 3.63) is 60.1 Å². The molecule has 0 saturated carbocycles. The molecule has 0 aliphatic carbocycles. The summed E-state index contributed by atoms with van der Waals surface area (Å²) in [5.41, 5.74) is 1.57. The first-order valence-electron chi connectivity index (χ1n) is 6.58. The molecule has 96 valence electrons. The maximum Gasteiger partial charge on any atom is 0.111 e. The molecule has 1 nitrogen and oxygen atoms in total. The second-order valence-electron chi connectivity index (χ2n) is 6.06. The maximum atomic E-state index is 5.67. The van der Waals surface area contributed by atoms with Crippen LogP contribution >= 0.6 is 0 Å². The van der Waals surface area contributed by atoms with Crippen molar-refractivity contribution in [2.24, 2.45) is 11.3 Å². The lowest BCUT2D eigenvalue weighted by atomic mass is 9.71. The van der Waals surface area contributed by atoms with E-state index in [1.807, 2.05) is 6.07 Å². The summed E-state index contributed by atoms with van der Waals surface area (Å²) < 4.78 is 5.67. The van der Waals surface area contributed by atoms with Crippen LogP contribution < -0.4 is 0 Å². The third-order valence-corrected chi connectivity index (χ3v) is 3.87. The van der Waals surface area contributed by atoms with E-state index in [1.165, 1.54) is 5.56 Å². The van der Waals surface area contributed by atoms with Gasteiger partial charge in [-0.25, -0.2) is 0 Å². The number of furan rings is 1. The smallest absolute Gasteiger partial charge is 0.111 e. The molecule has 0 radical (unpaired) electrons. The quantitative estimate of drug-likeness (QED) is 0.730. The molecule has 0 spiro atoms. The Morgan fingerprint density at radius 2 is 1.61 bits per heavy atom. The topological polar surface area (TPSA) is 13.1 Å². The summed E-state index contributed by atoms with van der Waals surface area (Å²) in [6, 6.07) is 14.7. The van der Waals surface area contributed by atoms with Gasteiger partial charge in [0.25, 0.3) is 0 Å². The fourth-order valence-electron chi connectivity index (χ4n) is 2.33. The third kappa shape index (κ3) is 2.66. The Morgan fingerprint density at radius 1 is 0.944 bits per heavy atom. The monoisotopic (exact) mass is 242 g/mol. The summed E-state index contributed by atoms with van der Waals surface area (Å²) in [6.07, 6.45) is 1.76. The van der Waals surface area contributed by atoms with Crippen LogP contribution in [0.2, 0.25) is 0 Å². The molecule has 0 saturated heterocycles. The molecular formula is C17H22O. The third-order valence-electron chi connectivity index (χ3n) is 3.87. The van der Waals surface area contributed by atoms with Crippen molar-refractivity contribution in [1.29, 1.82) is 0 Å². The normalized spacial score (nSPS) is 15.3. The standard InChI is InChI=1S/C17H22O/c1-13(17(2,3)4)16(15-11-8-12-18-15)14-9-6-5-7-10-14/h5-13,16H,1-4H3. The van der Waals surface area contributed by atoms with Crippen molar-refractivity contribution in [2.75, 3.05) is 0 Å². The highest BCUT2D eigenvalue weighted by molar-refractivity contribution is 5.28. The Morgan fingerprint density at radius 3 is 2.11 bits per heavy atom. The minimum atomic E-state index is 0.243. The van der Waals surface area contributed by atoms with Crippen LogP contribution in [0.1, 0.15) is 44.9 Å². The summed E-state index contributed by atoms with van der Waals surface area (Å²) >= 11 is 0. The molecule has 2 aromatic rings. The molecule has 0 aliphatic heterocycles. The molecule has 1 heteroatoms. The number of rotatable bonds is 3. The van der Waals surface area contributed by atoms with E-state index in [2.05, 4.69) is 64.1 Å². The van der Waals surface area contributed by atoms with Crippen molar-refractivity contribution >= 4 is 0 Å². The molecule has 0 bridgehead atoms. The Bertz CT molecular complexity index is 462. The van der Waals surface area contributed by atoms with Gasteiger partial charge in [0.1, 0.15) is 5.76 Å². The van der Waals surface area contributed by atoms with Crippen LogP contribution in [0.5, 0.6) is 0 Å². The molecule has 1 heterocycles. The van der Waals surface area contributed by atoms with Gasteiger partial charge in [-0.2, -0.15) is 0 Å². The van der Waals surface area contributed by atoms with Crippen LogP contribution in [0.15, 0.2) is 53.1 Å². The highest BCUT2D eigenvalue weighted by atomic mass is 16.3. The van der Waals surface area contributed by atoms with Crippen LogP contribution in [-0.4, -0.2) is 0 Å². The lowest BCUT2D eigenvalue weighted by molar-refractivity contribution is 0.222. The molecule has 0 N–H and O–H groups in total. The van der Waals surface area contributed by atoms with Crippen molar-refractivity contribution in [2.45, 2.75) is 33.6 Å². The largest absolute Gasteiger partial charge is 0.469 e. The molecule has 2 unspecified atom stereocenters. The first kappa shape index (κ1) is 12.9. The van der Waals surface area contributed by atoms with Gasteiger partial charge in [-0.3, -0.25) is 0 Å². The van der Waals surface area contributed by atoms with E-state index >= 15 is 0 Å². The average molecular weight is 242 g/mol. The van der Waals surface area contributed by atoms with Crippen LogP contribution in [-0.2, 0) is 0 Å². The Kier molecular flexibility index (Phi) is 3.60. The highest BCUT2D eigenvalue weighted by Crippen LogP contribution is 2.41. The molecular weight excluding hydrogens is 220 g/mol. The fraction of sp³-hybridized carbons (Fsp3) is 0.412. The van der Waals surface area contributed by atoms with E-state index in [0.29, 0.717) is 11.8 Å². The van der Waals surface area contributed by atoms with Crippen molar-refractivity contribution < 1.29 is 4.42 Å². The lowest BCUT2D eigenvalue weighted by Gasteiger charge is -2.33. The summed E-state index contributed by atoms with van der Waals surface area (Å²) in [7, 11) is 0. The number of hydrogen-bond donors (Lipinski definition) is 0. The van der Waals surface area contributed by atoms with Gasteiger partial charge in [-0.15, -0.1) is 0 Å². The van der Waals surface area contributed by atoms with E-state index in [1.54, 1.807) is 6.26 Å². The van der Waals surface area contributed by atoms with Crippen LogP contribution in [0.4, 0.5) is 0 Å². The lowest BCUT2D eigenvalue weighted by Crippen LogP contribution is -2.24. The van der Waals surface area contributed by atoms with Gasteiger partial charge in [0.15, 0.2) is 0 Å². The Balaban J connectivity index is 2.42. The first-order chi connectivity index (χ1) is 8.50. The zero-order chi connectivity index (χ0) is 13.2. The van der Waals surface area contributed by atoms with Gasteiger partial charge in [0.2, 0.25) is 0 Å². The first-order valence-corrected chi connectivity index (χ1v) is 6.58. The van der Waals surface area contributed by atoms with Gasteiger partial charge < -0.3 is 4.42 Å². The summed E-state index contributed by atoms with van der Waals surface area (Å²) in [5, 5.41) is 0. The molecule has 2 rings (SSSR count). The Hall–Kier alpha value is -1.50. The number of benzene rings is 1. The Labute approximate surface area is 110 Å². The second kappa shape index (κ2) is 5.01. The average Bonchev–Trinajstić information content (AvgIpc) is 2.83. The number of hydrogen-bond acceptors (Lipinski definition) is 1. The van der Waals surface area contributed by atoms with E-state index < -0.39 is 0 Å². The minimum Gasteiger partial charge on any atom is -0.469 e. The van der Waals surface area contributed by atoms with E-state index in [-0.39, 0.29) is 5.41 Å². The molecule has 1 aromatic heterocycles. The van der Waals surface area contributed by atoms with Gasteiger partial charge in [0, 0.05) is 5.92 Å². The molecule has 0 aliphatic rings. The van der Waals surface area contributed by atoms with Crippen molar-refractivity contribution in [3.63, 3.8) is 0 Å². The molecule has 2 atom stereocenters. The summed E-state index contributed by atoms with van der Waals surface area (Å²) in [6.45, 7) is 9.17. The predicted octanol–water partition coefficient (Wildman–Crippen LogP) is 5.09. The zero-order valence-corrected chi connectivity index (χ0v) is 11.7. The van der Waals surface area contributed by atoms with E-state index in [9.17, 15) is 0 Å². The predicted molar refractivity (Wildman–Crippen MR) is 75.6 cm³/mol. The van der Waals surface area contributed by atoms with E-state index in [0.717, 1.165) is 5.76 Å².